The fraction of sp³-hybridized carbons (Fsp3) is 0.462. The molecule has 2 N–H and O–H groups in total. The second kappa shape index (κ2) is 4.52. The molecule has 1 saturated heterocycles. The Hall–Kier alpha value is -1.56. The second-order valence-electron chi connectivity index (χ2n) is 5.24. The molecule has 1 aliphatic rings. The fourth-order valence-corrected chi connectivity index (χ4v) is 4.53. The number of pyridine rings is 1. The van der Waals surface area contributed by atoms with Gasteiger partial charge in [-0.2, -0.15) is 0 Å². The molecule has 19 heavy (non-hydrogen) atoms. The van der Waals surface area contributed by atoms with Gasteiger partial charge < -0.3 is 5.73 Å². The standard InChI is InChI=1S/C13H17N3O2S/c14-12-4-1-5-13-15-11(8-16(12)13)7-10-3-2-6-19(17,18)9-10/h1,4-5,8,10H,2-3,6-7,9,14H2. The molecule has 0 aromatic carbocycles. The van der Waals surface area contributed by atoms with Crippen molar-refractivity contribution in [2.75, 3.05) is 17.2 Å². The zero-order valence-electron chi connectivity index (χ0n) is 10.6. The van der Waals surface area contributed by atoms with Gasteiger partial charge >= 0.3 is 0 Å². The van der Waals surface area contributed by atoms with Crippen LogP contribution in [0.15, 0.2) is 24.4 Å². The number of fused-ring (bicyclic) bond motifs is 1. The zero-order chi connectivity index (χ0) is 13.5. The van der Waals surface area contributed by atoms with Gasteiger partial charge in [0.1, 0.15) is 11.5 Å². The molecule has 5 nitrogen and oxygen atoms in total. The Morgan fingerprint density at radius 1 is 1.42 bits per heavy atom. The lowest BCUT2D eigenvalue weighted by atomic mass is 10.00. The number of aromatic nitrogens is 2. The lowest BCUT2D eigenvalue weighted by Crippen LogP contribution is -2.26. The van der Waals surface area contributed by atoms with Crippen molar-refractivity contribution < 1.29 is 8.42 Å². The van der Waals surface area contributed by atoms with E-state index in [2.05, 4.69) is 4.98 Å². The van der Waals surface area contributed by atoms with Gasteiger partial charge in [-0.3, -0.25) is 4.40 Å². The molecule has 0 aliphatic carbocycles. The number of anilines is 1. The fourth-order valence-electron chi connectivity index (χ4n) is 2.76. The zero-order valence-corrected chi connectivity index (χ0v) is 11.4. The van der Waals surface area contributed by atoms with Gasteiger partial charge in [0.25, 0.3) is 0 Å². The third-order valence-electron chi connectivity index (χ3n) is 3.63. The van der Waals surface area contributed by atoms with Gasteiger partial charge in [0.05, 0.1) is 17.2 Å². The summed E-state index contributed by atoms with van der Waals surface area (Å²) in [4.78, 5) is 4.50. The predicted octanol–water partition coefficient (Wildman–Crippen LogP) is 1.28. The Morgan fingerprint density at radius 3 is 3.00 bits per heavy atom. The molecule has 102 valence electrons. The summed E-state index contributed by atoms with van der Waals surface area (Å²) in [6.07, 6.45) is 4.34. The molecule has 0 amide bonds. The maximum Gasteiger partial charge on any atom is 0.150 e. The third-order valence-corrected chi connectivity index (χ3v) is 5.52. The number of imidazole rings is 1. The minimum Gasteiger partial charge on any atom is -0.385 e. The highest BCUT2D eigenvalue weighted by Gasteiger charge is 2.25. The Bertz CT molecular complexity index is 706. The van der Waals surface area contributed by atoms with E-state index in [1.165, 1.54) is 0 Å². The van der Waals surface area contributed by atoms with Crippen molar-refractivity contribution in [3.8, 4) is 0 Å². The third kappa shape index (κ3) is 2.58. The van der Waals surface area contributed by atoms with Gasteiger partial charge in [-0.1, -0.05) is 6.07 Å². The highest BCUT2D eigenvalue weighted by molar-refractivity contribution is 7.91. The Morgan fingerprint density at radius 2 is 2.26 bits per heavy atom. The van der Waals surface area contributed by atoms with Gasteiger partial charge in [0.2, 0.25) is 0 Å². The van der Waals surface area contributed by atoms with Gasteiger partial charge in [0.15, 0.2) is 9.84 Å². The van der Waals surface area contributed by atoms with Gasteiger partial charge in [-0.25, -0.2) is 13.4 Å². The van der Waals surface area contributed by atoms with E-state index in [0.717, 1.165) is 24.2 Å². The summed E-state index contributed by atoms with van der Waals surface area (Å²) < 4.78 is 25.1. The maximum absolute atomic E-state index is 11.6. The molecule has 3 heterocycles. The number of nitrogen functional groups attached to an aromatic ring is 1. The first-order chi connectivity index (χ1) is 9.03. The highest BCUT2D eigenvalue weighted by atomic mass is 32.2. The van der Waals surface area contributed by atoms with Crippen LogP contribution in [-0.4, -0.2) is 29.3 Å². The number of rotatable bonds is 2. The van der Waals surface area contributed by atoms with E-state index in [4.69, 9.17) is 5.73 Å². The molecule has 1 atom stereocenters. The average molecular weight is 279 g/mol. The van der Waals surface area contributed by atoms with Crippen LogP contribution in [0.25, 0.3) is 5.65 Å². The average Bonchev–Trinajstić information content (AvgIpc) is 2.71. The first kappa shape index (κ1) is 12.5. The Kier molecular flexibility index (Phi) is 2.97. The summed E-state index contributed by atoms with van der Waals surface area (Å²) in [6.45, 7) is 0. The first-order valence-corrected chi connectivity index (χ1v) is 8.28. The minimum atomic E-state index is -2.85. The second-order valence-corrected chi connectivity index (χ2v) is 7.47. The smallest absolute Gasteiger partial charge is 0.150 e. The molecule has 0 radical (unpaired) electrons. The summed E-state index contributed by atoms with van der Waals surface area (Å²) in [5.74, 6) is 1.45. The van der Waals surface area contributed by atoms with Gasteiger partial charge in [-0.15, -0.1) is 0 Å². The van der Waals surface area contributed by atoms with E-state index in [1.807, 2.05) is 28.8 Å². The van der Waals surface area contributed by atoms with Crippen LogP contribution >= 0.6 is 0 Å². The minimum absolute atomic E-state index is 0.185. The Balaban J connectivity index is 1.84. The number of nitrogens with zero attached hydrogens (tertiary/aromatic N) is 2. The molecule has 1 unspecified atom stereocenters. The van der Waals surface area contributed by atoms with Gasteiger partial charge in [0, 0.05) is 6.20 Å². The van der Waals surface area contributed by atoms with Crippen LogP contribution in [0.4, 0.5) is 5.82 Å². The van der Waals surface area contributed by atoms with E-state index >= 15 is 0 Å². The number of sulfone groups is 1. The van der Waals surface area contributed by atoms with Crippen molar-refractivity contribution in [3.05, 3.63) is 30.1 Å². The Labute approximate surface area is 112 Å². The lowest BCUT2D eigenvalue weighted by Gasteiger charge is -2.20. The van der Waals surface area contributed by atoms with Crippen LogP contribution in [0.2, 0.25) is 0 Å². The van der Waals surface area contributed by atoms with Crippen molar-refractivity contribution in [2.45, 2.75) is 19.3 Å². The molecule has 3 rings (SSSR count). The van der Waals surface area contributed by atoms with Crippen LogP contribution in [0.1, 0.15) is 18.5 Å². The molecular formula is C13H17N3O2S. The molecule has 0 spiro atoms. The van der Waals surface area contributed by atoms with Crippen LogP contribution in [0.3, 0.4) is 0 Å². The summed E-state index contributed by atoms with van der Waals surface area (Å²) >= 11 is 0. The van der Waals surface area contributed by atoms with Crippen LogP contribution in [0, 0.1) is 5.92 Å². The van der Waals surface area contributed by atoms with Crippen LogP contribution in [-0.2, 0) is 16.3 Å². The SMILES string of the molecule is Nc1cccc2nc(CC3CCCS(=O)(=O)C3)cn12. The van der Waals surface area contributed by atoms with E-state index in [-0.39, 0.29) is 11.7 Å². The van der Waals surface area contributed by atoms with Crippen molar-refractivity contribution in [3.63, 3.8) is 0 Å². The first-order valence-electron chi connectivity index (χ1n) is 6.46. The van der Waals surface area contributed by atoms with Crippen LogP contribution < -0.4 is 5.73 Å². The molecule has 2 aromatic heterocycles. The van der Waals surface area contributed by atoms with E-state index in [1.54, 1.807) is 0 Å². The summed E-state index contributed by atoms with van der Waals surface area (Å²) in [5, 5.41) is 0. The molecule has 2 aromatic rings. The molecule has 0 saturated carbocycles. The summed E-state index contributed by atoms with van der Waals surface area (Å²) in [5.41, 5.74) is 7.60. The van der Waals surface area contributed by atoms with Gasteiger partial charge in [-0.05, 0) is 37.3 Å². The molecule has 6 heteroatoms. The molecule has 0 bridgehead atoms. The molecule has 1 aliphatic heterocycles. The van der Waals surface area contributed by atoms with Crippen LogP contribution in [0.5, 0.6) is 0 Å². The normalized spacial score (nSPS) is 22.6. The van der Waals surface area contributed by atoms with Crippen molar-refractivity contribution in [1.82, 2.24) is 9.38 Å². The number of hydrogen-bond donors (Lipinski definition) is 1. The molecular weight excluding hydrogens is 262 g/mol. The molecule has 1 fully saturated rings. The van der Waals surface area contributed by atoms with E-state index in [0.29, 0.717) is 18.0 Å². The summed E-state index contributed by atoms with van der Waals surface area (Å²) in [7, 11) is -2.85. The lowest BCUT2D eigenvalue weighted by molar-refractivity contribution is 0.480. The van der Waals surface area contributed by atoms with Crippen molar-refractivity contribution >= 4 is 21.3 Å². The number of hydrogen-bond acceptors (Lipinski definition) is 4. The predicted molar refractivity (Wildman–Crippen MR) is 74.7 cm³/mol. The maximum atomic E-state index is 11.6. The van der Waals surface area contributed by atoms with Crippen molar-refractivity contribution in [1.29, 1.82) is 0 Å². The topological polar surface area (TPSA) is 77.5 Å². The number of nitrogens with two attached hydrogens (primary N) is 1. The summed E-state index contributed by atoms with van der Waals surface area (Å²) in [6, 6.07) is 5.59. The monoisotopic (exact) mass is 279 g/mol. The van der Waals surface area contributed by atoms with E-state index < -0.39 is 9.84 Å². The van der Waals surface area contributed by atoms with E-state index in [9.17, 15) is 8.42 Å². The highest BCUT2D eigenvalue weighted by Crippen LogP contribution is 2.22. The largest absolute Gasteiger partial charge is 0.385 e. The van der Waals surface area contributed by atoms with Crippen molar-refractivity contribution in [2.24, 2.45) is 5.92 Å². The quantitative estimate of drug-likeness (QED) is 0.898.